The van der Waals surface area contributed by atoms with Crippen LogP contribution in [0.15, 0.2) is 46.3 Å². The summed E-state index contributed by atoms with van der Waals surface area (Å²) in [7, 11) is 0. The second-order valence-corrected chi connectivity index (χ2v) is 9.02. The molecule has 5 rings (SSSR count). The van der Waals surface area contributed by atoms with Gasteiger partial charge in [0.05, 0.1) is 16.2 Å². The van der Waals surface area contributed by atoms with E-state index in [2.05, 4.69) is 10.1 Å². The van der Waals surface area contributed by atoms with Crippen molar-refractivity contribution in [3.63, 3.8) is 0 Å². The van der Waals surface area contributed by atoms with Crippen LogP contribution in [0.5, 0.6) is 0 Å². The number of hydrogen-bond donors (Lipinski definition) is 0. The fourth-order valence-electron chi connectivity index (χ4n) is 4.38. The van der Waals surface area contributed by atoms with Gasteiger partial charge in [-0.15, -0.1) is 11.3 Å². The summed E-state index contributed by atoms with van der Waals surface area (Å²) in [6.45, 7) is 1.28. The number of halogens is 1. The maximum absolute atomic E-state index is 13.4. The largest absolute Gasteiger partial charge is 0.340 e. The molecule has 1 saturated carbocycles. The van der Waals surface area contributed by atoms with Crippen molar-refractivity contribution in [3.8, 4) is 10.7 Å². The van der Waals surface area contributed by atoms with Crippen molar-refractivity contribution in [1.82, 2.24) is 15.0 Å². The molecule has 144 valence electrons. The van der Waals surface area contributed by atoms with E-state index < -0.39 is 5.41 Å². The van der Waals surface area contributed by atoms with Crippen LogP contribution in [0.25, 0.3) is 10.7 Å². The molecule has 2 fully saturated rings. The summed E-state index contributed by atoms with van der Waals surface area (Å²) in [5.41, 5.74) is 0.674. The summed E-state index contributed by atoms with van der Waals surface area (Å²) in [5.74, 6) is 1.60. The van der Waals surface area contributed by atoms with Crippen molar-refractivity contribution in [2.75, 3.05) is 13.1 Å². The molecule has 0 N–H and O–H groups in total. The van der Waals surface area contributed by atoms with E-state index in [1.807, 2.05) is 46.7 Å². The molecular weight excluding hydrogens is 394 g/mol. The molecule has 2 aromatic heterocycles. The number of thiophene rings is 1. The highest BCUT2D eigenvalue weighted by molar-refractivity contribution is 7.13. The first kappa shape index (κ1) is 17.9. The molecule has 0 bridgehead atoms. The lowest BCUT2D eigenvalue weighted by Gasteiger charge is -2.43. The minimum absolute atomic E-state index is 0.119. The van der Waals surface area contributed by atoms with Crippen LogP contribution in [0.4, 0.5) is 0 Å². The van der Waals surface area contributed by atoms with E-state index in [9.17, 15) is 4.79 Å². The lowest BCUT2D eigenvalue weighted by molar-refractivity contribution is -0.142. The van der Waals surface area contributed by atoms with Gasteiger partial charge < -0.3 is 9.42 Å². The molecule has 7 heteroatoms. The van der Waals surface area contributed by atoms with Gasteiger partial charge in [0.25, 0.3) is 0 Å². The smallest absolute Gasteiger partial charge is 0.233 e. The van der Waals surface area contributed by atoms with E-state index in [-0.39, 0.29) is 11.8 Å². The Balaban J connectivity index is 1.31. The standard InChI is InChI=1S/C21H20ClN3O2S/c22-16-7-5-15(6-8-16)21(9-1-2-10-21)20(26)25-12-14(13-25)19-23-18(24-27-19)17-4-3-11-28-17/h3-8,11,14H,1-2,9-10,12-13H2. The zero-order valence-corrected chi connectivity index (χ0v) is 16.9. The van der Waals surface area contributed by atoms with Crippen molar-refractivity contribution < 1.29 is 9.32 Å². The summed E-state index contributed by atoms with van der Waals surface area (Å²) < 4.78 is 5.46. The first-order chi connectivity index (χ1) is 13.7. The molecule has 1 amide bonds. The molecule has 0 radical (unpaired) electrons. The number of carbonyl (C=O) groups is 1. The molecule has 0 unspecified atom stereocenters. The zero-order valence-electron chi connectivity index (χ0n) is 15.3. The number of hydrogen-bond acceptors (Lipinski definition) is 5. The van der Waals surface area contributed by atoms with Gasteiger partial charge in [0.2, 0.25) is 17.6 Å². The Bertz CT molecular complexity index is 972. The van der Waals surface area contributed by atoms with Gasteiger partial charge in [-0.25, -0.2) is 0 Å². The Morgan fingerprint density at radius 1 is 1.18 bits per heavy atom. The fraction of sp³-hybridized carbons (Fsp3) is 0.381. The first-order valence-corrected chi connectivity index (χ1v) is 10.8. The van der Waals surface area contributed by atoms with Gasteiger partial charge in [-0.05, 0) is 42.0 Å². The highest BCUT2D eigenvalue weighted by atomic mass is 35.5. The summed E-state index contributed by atoms with van der Waals surface area (Å²) in [6.07, 6.45) is 3.97. The Morgan fingerprint density at radius 2 is 1.93 bits per heavy atom. The van der Waals surface area contributed by atoms with Crippen molar-refractivity contribution in [3.05, 3.63) is 58.3 Å². The van der Waals surface area contributed by atoms with Crippen LogP contribution < -0.4 is 0 Å². The van der Waals surface area contributed by atoms with Crippen LogP contribution in [0.2, 0.25) is 5.02 Å². The van der Waals surface area contributed by atoms with Crippen LogP contribution >= 0.6 is 22.9 Å². The monoisotopic (exact) mass is 413 g/mol. The third-order valence-corrected chi connectivity index (χ3v) is 7.08. The number of likely N-dealkylation sites (tertiary alicyclic amines) is 1. The minimum atomic E-state index is -0.410. The van der Waals surface area contributed by atoms with Crippen molar-refractivity contribution in [1.29, 1.82) is 0 Å². The Labute approximate surface area is 172 Å². The first-order valence-electron chi connectivity index (χ1n) is 9.59. The average molecular weight is 414 g/mol. The number of amides is 1. The van der Waals surface area contributed by atoms with Crippen molar-refractivity contribution in [2.45, 2.75) is 37.0 Å². The van der Waals surface area contributed by atoms with Crippen LogP contribution in [0, 0.1) is 0 Å². The molecule has 28 heavy (non-hydrogen) atoms. The Kier molecular flexibility index (Phi) is 4.48. The van der Waals surface area contributed by atoms with Crippen LogP contribution in [0.1, 0.15) is 43.1 Å². The predicted octanol–water partition coefficient (Wildman–Crippen LogP) is 4.89. The van der Waals surface area contributed by atoms with Gasteiger partial charge in [0.1, 0.15) is 0 Å². The van der Waals surface area contributed by atoms with Gasteiger partial charge in [-0.1, -0.05) is 47.8 Å². The normalized spacial score (nSPS) is 19.0. The minimum Gasteiger partial charge on any atom is -0.340 e. The highest BCUT2D eigenvalue weighted by Gasteiger charge is 2.48. The maximum atomic E-state index is 13.4. The summed E-state index contributed by atoms with van der Waals surface area (Å²) in [6, 6.07) is 11.7. The van der Waals surface area contributed by atoms with Crippen LogP contribution in [-0.4, -0.2) is 34.0 Å². The van der Waals surface area contributed by atoms with Crippen LogP contribution in [0.3, 0.4) is 0 Å². The topological polar surface area (TPSA) is 59.2 Å². The lowest BCUT2D eigenvalue weighted by atomic mass is 9.76. The Hall–Kier alpha value is -2.18. The van der Waals surface area contributed by atoms with E-state index in [1.54, 1.807) is 11.3 Å². The van der Waals surface area contributed by atoms with Gasteiger partial charge in [-0.2, -0.15) is 4.98 Å². The summed E-state index contributed by atoms with van der Waals surface area (Å²) >= 11 is 7.64. The third-order valence-electron chi connectivity index (χ3n) is 5.96. The molecule has 3 heterocycles. The SMILES string of the molecule is O=C(N1CC(c2nc(-c3cccs3)no2)C1)C1(c2ccc(Cl)cc2)CCCC1. The highest BCUT2D eigenvalue weighted by Crippen LogP contribution is 2.44. The number of rotatable bonds is 4. The van der Waals surface area contributed by atoms with E-state index in [4.69, 9.17) is 16.1 Å². The molecule has 3 aromatic rings. The van der Waals surface area contributed by atoms with Crippen LogP contribution in [-0.2, 0) is 10.2 Å². The lowest BCUT2D eigenvalue weighted by Crippen LogP contribution is -2.55. The van der Waals surface area contributed by atoms with E-state index in [0.29, 0.717) is 29.8 Å². The Morgan fingerprint density at radius 3 is 2.61 bits per heavy atom. The second kappa shape index (κ2) is 7.01. The van der Waals surface area contributed by atoms with Crippen molar-refractivity contribution >= 4 is 28.8 Å². The summed E-state index contributed by atoms with van der Waals surface area (Å²) in [5, 5.41) is 6.78. The van der Waals surface area contributed by atoms with E-state index >= 15 is 0 Å². The van der Waals surface area contributed by atoms with E-state index in [1.165, 1.54) is 0 Å². The second-order valence-electron chi connectivity index (χ2n) is 7.64. The molecule has 2 aliphatic rings. The fourth-order valence-corrected chi connectivity index (χ4v) is 5.16. The molecular formula is C21H20ClN3O2S. The number of benzene rings is 1. The molecule has 1 aliphatic carbocycles. The molecule has 1 aromatic carbocycles. The number of carbonyl (C=O) groups excluding carboxylic acids is 1. The summed E-state index contributed by atoms with van der Waals surface area (Å²) in [4.78, 5) is 20.9. The van der Waals surface area contributed by atoms with E-state index in [0.717, 1.165) is 36.1 Å². The predicted molar refractivity (Wildman–Crippen MR) is 109 cm³/mol. The van der Waals surface area contributed by atoms with Gasteiger partial charge in [0, 0.05) is 18.1 Å². The molecule has 0 atom stereocenters. The van der Waals surface area contributed by atoms with Crippen molar-refractivity contribution in [2.24, 2.45) is 0 Å². The molecule has 1 aliphatic heterocycles. The zero-order chi connectivity index (χ0) is 19.1. The number of nitrogens with zero attached hydrogens (tertiary/aromatic N) is 3. The average Bonchev–Trinajstić information content (AvgIpc) is 3.42. The molecule has 1 saturated heterocycles. The van der Waals surface area contributed by atoms with Gasteiger partial charge >= 0.3 is 0 Å². The van der Waals surface area contributed by atoms with Gasteiger partial charge in [0.15, 0.2) is 0 Å². The maximum Gasteiger partial charge on any atom is 0.233 e. The van der Waals surface area contributed by atoms with Gasteiger partial charge in [-0.3, -0.25) is 4.79 Å². The molecule has 0 spiro atoms. The number of aromatic nitrogens is 2. The third kappa shape index (κ3) is 2.95. The quantitative estimate of drug-likeness (QED) is 0.611. The molecule has 5 nitrogen and oxygen atoms in total.